The molecule has 1 aliphatic carbocycles. The van der Waals surface area contributed by atoms with E-state index in [1.807, 2.05) is 18.2 Å². The number of benzene rings is 2. The minimum absolute atomic E-state index is 0.0274. The maximum Gasteiger partial charge on any atom is 0.311 e. The normalized spacial score (nSPS) is 16.0. The van der Waals surface area contributed by atoms with Crippen LogP contribution in [-0.4, -0.2) is 11.5 Å². The molecule has 2 aromatic carbocycles. The van der Waals surface area contributed by atoms with Crippen LogP contribution in [0.15, 0.2) is 42.5 Å². The van der Waals surface area contributed by atoms with Crippen molar-refractivity contribution < 1.29 is 9.66 Å². The molecule has 2 aromatic rings. The van der Waals surface area contributed by atoms with Crippen molar-refractivity contribution in [1.82, 2.24) is 0 Å². The average Bonchev–Trinajstić information content (AvgIpc) is 2.48. The van der Waals surface area contributed by atoms with E-state index in [0.29, 0.717) is 23.6 Å². The molecule has 1 atom stereocenters. The fourth-order valence-electron chi connectivity index (χ4n) is 2.61. The summed E-state index contributed by atoms with van der Waals surface area (Å²) in [5, 5.41) is 11.7. The molecule has 4 nitrogen and oxygen atoms in total. The van der Waals surface area contributed by atoms with Gasteiger partial charge in [0.25, 0.3) is 0 Å². The maximum atomic E-state index is 11.1. The Morgan fingerprint density at radius 1 is 1.29 bits per heavy atom. The van der Waals surface area contributed by atoms with Gasteiger partial charge in [-0.25, -0.2) is 0 Å². The smallest absolute Gasteiger partial charge is 0.311 e. The lowest BCUT2D eigenvalue weighted by Gasteiger charge is -2.29. The summed E-state index contributed by atoms with van der Waals surface area (Å²) >= 11 is 3.30. The van der Waals surface area contributed by atoms with Gasteiger partial charge in [0.15, 0.2) is 5.75 Å². The number of rotatable bonds is 5. The van der Waals surface area contributed by atoms with Crippen molar-refractivity contribution in [2.75, 3.05) is 6.61 Å². The van der Waals surface area contributed by atoms with Crippen LogP contribution in [0.1, 0.15) is 22.6 Å². The molecule has 0 aromatic heterocycles. The third-order valence-corrected chi connectivity index (χ3v) is 4.42. The topological polar surface area (TPSA) is 52.4 Å². The molecule has 1 aliphatic rings. The zero-order valence-corrected chi connectivity index (χ0v) is 12.9. The molecule has 0 saturated heterocycles. The predicted octanol–water partition coefficient (Wildman–Crippen LogP) is 4.21. The number of hydrogen-bond donors (Lipinski definition) is 0. The number of nitro benzene ring substituents is 1. The molecule has 3 rings (SSSR count). The van der Waals surface area contributed by atoms with E-state index in [2.05, 4.69) is 28.1 Å². The molecule has 0 radical (unpaired) electrons. The van der Waals surface area contributed by atoms with E-state index < -0.39 is 4.92 Å². The number of nitro groups is 1. The highest BCUT2D eigenvalue weighted by Crippen LogP contribution is 2.36. The van der Waals surface area contributed by atoms with Crippen LogP contribution in [0.3, 0.4) is 0 Å². The van der Waals surface area contributed by atoms with E-state index in [9.17, 15) is 10.1 Å². The summed E-state index contributed by atoms with van der Waals surface area (Å²) in [6.45, 7) is 0.478. The van der Waals surface area contributed by atoms with Gasteiger partial charge in [-0.1, -0.05) is 46.3 Å². The SMILES string of the molecule is O=[N+]([O-])c1cc(CBr)ccc1OCC1Cc2ccccc21. The number of nitrogens with zero attached hydrogens (tertiary/aromatic N) is 1. The Hall–Kier alpha value is -1.88. The molecule has 0 heterocycles. The summed E-state index contributed by atoms with van der Waals surface area (Å²) in [7, 11) is 0. The third kappa shape index (κ3) is 2.78. The van der Waals surface area contributed by atoms with E-state index >= 15 is 0 Å². The maximum absolute atomic E-state index is 11.1. The van der Waals surface area contributed by atoms with Crippen LogP contribution in [-0.2, 0) is 11.8 Å². The first-order valence-corrected chi connectivity index (χ1v) is 7.85. The van der Waals surface area contributed by atoms with E-state index in [0.717, 1.165) is 12.0 Å². The molecule has 0 spiro atoms. The van der Waals surface area contributed by atoms with Crippen molar-refractivity contribution in [2.45, 2.75) is 17.7 Å². The van der Waals surface area contributed by atoms with Crippen molar-refractivity contribution in [1.29, 1.82) is 0 Å². The van der Waals surface area contributed by atoms with Gasteiger partial charge in [-0.05, 0) is 29.2 Å². The second-order valence-corrected chi connectivity index (χ2v) is 5.66. The highest BCUT2D eigenvalue weighted by molar-refractivity contribution is 9.08. The van der Waals surface area contributed by atoms with Crippen molar-refractivity contribution >= 4 is 21.6 Å². The standard InChI is InChI=1S/C16H14BrNO3/c17-9-11-5-6-16(15(7-11)18(19)20)21-10-13-8-12-3-1-2-4-14(12)13/h1-7,13H,8-10H2. The van der Waals surface area contributed by atoms with Gasteiger partial charge in [0.05, 0.1) is 11.5 Å². The minimum atomic E-state index is -0.393. The highest BCUT2D eigenvalue weighted by Gasteiger charge is 2.27. The Labute approximate surface area is 131 Å². The molecular weight excluding hydrogens is 334 g/mol. The van der Waals surface area contributed by atoms with Crippen LogP contribution in [0.5, 0.6) is 5.75 Å². The van der Waals surface area contributed by atoms with Crippen LogP contribution in [0.25, 0.3) is 0 Å². The lowest BCUT2D eigenvalue weighted by Crippen LogP contribution is -2.23. The summed E-state index contributed by atoms with van der Waals surface area (Å²) in [5.74, 6) is 0.672. The second-order valence-electron chi connectivity index (χ2n) is 5.10. The quantitative estimate of drug-likeness (QED) is 0.462. The van der Waals surface area contributed by atoms with Crippen molar-refractivity contribution in [3.05, 3.63) is 69.3 Å². The van der Waals surface area contributed by atoms with Gasteiger partial charge in [-0.15, -0.1) is 0 Å². The summed E-state index contributed by atoms with van der Waals surface area (Å²) < 4.78 is 5.70. The zero-order chi connectivity index (χ0) is 14.8. The summed E-state index contributed by atoms with van der Waals surface area (Å²) in [5.41, 5.74) is 3.52. The second kappa shape index (κ2) is 5.85. The van der Waals surface area contributed by atoms with Gasteiger partial charge in [-0.2, -0.15) is 0 Å². The fourth-order valence-corrected chi connectivity index (χ4v) is 2.96. The number of hydrogen-bond acceptors (Lipinski definition) is 3. The Bertz CT molecular complexity index is 687. The molecule has 1 unspecified atom stereocenters. The van der Waals surface area contributed by atoms with Crippen molar-refractivity contribution in [3.8, 4) is 5.75 Å². The molecule has 0 aliphatic heterocycles. The molecule has 108 valence electrons. The lowest BCUT2D eigenvalue weighted by molar-refractivity contribution is -0.385. The number of ether oxygens (including phenoxy) is 1. The van der Waals surface area contributed by atoms with Gasteiger partial charge in [-0.3, -0.25) is 10.1 Å². The Kier molecular flexibility index (Phi) is 3.92. The van der Waals surface area contributed by atoms with Crippen LogP contribution >= 0.6 is 15.9 Å². The summed E-state index contributed by atoms with van der Waals surface area (Å²) in [4.78, 5) is 10.7. The van der Waals surface area contributed by atoms with Gasteiger partial charge in [0.1, 0.15) is 0 Å². The molecule has 0 fully saturated rings. The minimum Gasteiger partial charge on any atom is -0.486 e. The fraction of sp³-hybridized carbons (Fsp3) is 0.250. The molecule has 0 saturated carbocycles. The monoisotopic (exact) mass is 347 g/mol. The molecule has 5 heteroatoms. The molecule has 0 N–H and O–H groups in total. The van der Waals surface area contributed by atoms with E-state index in [1.54, 1.807) is 12.1 Å². The lowest BCUT2D eigenvalue weighted by atomic mass is 9.78. The Morgan fingerprint density at radius 3 is 2.81 bits per heavy atom. The average molecular weight is 348 g/mol. The first-order chi connectivity index (χ1) is 10.2. The zero-order valence-electron chi connectivity index (χ0n) is 11.3. The van der Waals surface area contributed by atoms with Crippen LogP contribution < -0.4 is 4.74 Å². The Balaban J connectivity index is 1.73. The van der Waals surface area contributed by atoms with Crippen molar-refractivity contribution in [3.63, 3.8) is 0 Å². The van der Waals surface area contributed by atoms with Crippen molar-refractivity contribution in [2.24, 2.45) is 0 Å². The van der Waals surface area contributed by atoms with E-state index in [4.69, 9.17) is 4.74 Å². The number of fused-ring (bicyclic) bond motifs is 1. The molecule has 0 bridgehead atoms. The molecule has 21 heavy (non-hydrogen) atoms. The van der Waals surface area contributed by atoms with E-state index in [-0.39, 0.29) is 5.69 Å². The summed E-state index contributed by atoms with van der Waals surface area (Å²) in [6, 6.07) is 13.3. The van der Waals surface area contributed by atoms with Gasteiger partial charge >= 0.3 is 5.69 Å². The number of alkyl halides is 1. The molecule has 0 amide bonds. The summed E-state index contributed by atoms with van der Waals surface area (Å²) in [6.07, 6.45) is 0.976. The van der Waals surface area contributed by atoms with E-state index in [1.165, 1.54) is 11.1 Å². The Morgan fingerprint density at radius 2 is 2.10 bits per heavy atom. The first kappa shape index (κ1) is 14.1. The highest BCUT2D eigenvalue weighted by atomic mass is 79.9. The predicted molar refractivity (Wildman–Crippen MR) is 84.1 cm³/mol. The van der Waals surface area contributed by atoms with Crippen LogP contribution in [0.4, 0.5) is 5.69 Å². The van der Waals surface area contributed by atoms with Crippen LogP contribution in [0.2, 0.25) is 0 Å². The molecular formula is C16H14BrNO3. The van der Waals surface area contributed by atoms with Gasteiger partial charge in [0.2, 0.25) is 0 Å². The largest absolute Gasteiger partial charge is 0.486 e. The first-order valence-electron chi connectivity index (χ1n) is 6.73. The third-order valence-electron chi connectivity index (χ3n) is 3.78. The number of halogens is 1. The van der Waals surface area contributed by atoms with Crippen LogP contribution in [0, 0.1) is 10.1 Å². The van der Waals surface area contributed by atoms with Gasteiger partial charge in [0, 0.05) is 17.3 Å². The van der Waals surface area contributed by atoms with Gasteiger partial charge < -0.3 is 4.74 Å².